The van der Waals surface area contributed by atoms with Gasteiger partial charge < -0.3 is 36.0 Å². The van der Waals surface area contributed by atoms with Gasteiger partial charge in [0.15, 0.2) is 0 Å². The van der Waals surface area contributed by atoms with Gasteiger partial charge in [-0.15, -0.1) is 0 Å². The van der Waals surface area contributed by atoms with Crippen LogP contribution in [0.5, 0.6) is 0 Å². The minimum absolute atomic E-state index is 0.0441. The minimum Gasteiger partial charge on any atom is -0.390 e. The first-order valence-corrected chi connectivity index (χ1v) is 27.4. The molecule has 0 aromatic heterocycles. The quantitative estimate of drug-likeness (QED) is 0.205. The monoisotopic (exact) mass is 956 g/mol. The van der Waals surface area contributed by atoms with Gasteiger partial charge in [-0.25, -0.2) is 0 Å². The minimum atomic E-state index is -3.27. The molecule has 0 aromatic carbocycles. The van der Waals surface area contributed by atoms with Gasteiger partial charge in [-0.2, -0.15) is 10.5 Å². The zero-order valence-electron chi connectivity index (χ0n) is 44.8. The number of nitrogens with two attached hydrogens (primary N) is 2. The summed E-state index contributed by atoms with van der Waals surface area (Å²) in [6.45, 7) is 47.6. The van der Waals surface area contributed by atoms with Gasteiger partial charge in [-0.3, -0.25) is 34.0 Å². The second-order valence-electron chi connectivity index (χ2n) is 21.8. The highest BCUT2D eigenvalue weighted by molar-refractivity contribution is 7.51. The van der Waals surface area contributed by atoms with Crippen LogP contribution in [-0.2, 0) is 9.09 Å². The Morgan fingerprint density at radius 3 is 1.12 bits per heavy atom. The first kappa shape index (κ1) is 62.7. The molecule has 7 rings (SSSR count). The van der Waals surface area contributed by atoms with Crippen LogP contribution in [0.4, 0.5) is 0 Å². The third-order valence-corrected chi connectivity index (χ3v) is 14.3. The topological polar surface area (TPSA) is 209 Å². The van der Waals surface area contributed by atoms with Crippen molar-refractivity contribution in [2.75, 3.05) is 98.3 Å². The van der Waals surface area contributed by atoms with Crippen LogP contribution in [0.25, 0.3) is 0 Å². The van der Waals surface area contributed by atoms with E-state index in [0.29, 0.717) is 60.8 Å². The van der Waals surface area contributed by atoms with Crippen molar-refractivity contribution in [2.24, 2.45) is 29.2 Å². The van der Waals surface area contributed by atoms with Gasteiger partial charge in [-0.1, -0.05) is 6.92 Å². The highest BCUT2D eigenvalue weighted by atomic mass is 31.2. The predicted molar refractivity (Wildman–Crippen MR) is 272 cm³/mol. The molecule has 388 valence electrons. The summed E-state index contributed by atoms with van der Waals surface area (Å²) in [5.74, 6) is 0.636. The number of β-amino-alcohol motifs (C(OH)–C–C–N with tert-alkyl or cyclic N) is 2. The Bertz CT molecular complexity index is 1360. The summed E-state index contributed by atoms with van der Waals surface area (Å²) in [5.41, 5.74) is 11.3. The molecule has 7 fully saturated rings. The second-order valence-corrected chi connectivity index (χ2v) is 23.6. The van der Waals surface area contributed by atoms with Crippen LogP contribution < -0.4 is 11.5 Å². The molecule has 1 unspecified atom stereocenters. The van der Waals surface area contributed by atoms with E-state index >= 15 is 0 Å². The van der Waals surface area contributed by atoms with Gasteiger partial charge in [0.05, 0.1) is 42.3 Å². The fourth-order valence-electron chi connectivity index (χ4n) is 8.22. The maximum absolute atomic E-state index is 10.8. The fourth-order valence-corrected chi connectivity index (χ4v) is 8.90. The molecule has 7 N–H and O–H groups in total. The van der Waals surface area contributed by atoms with Crippen molar-refractivity contribution in [3.8, 4) is 12.1 Å². The largest absolute Gasteiger partial charge is 0.390 e. The summed E-state index contributed by atoms with van der Waals surface area (Å²) in [6.07, 6.45) is 2.06. The first-order chi connectivity index (χ1) is 30.6. The molecule has 66 heavy (non-hydrogen) atoms. The number of aliphatic hydroxyl groups excluding tert-OH is 2. The lowest BCUT2D eigenvalue weighted by Gasteiger charge is -2.41. The highest BCUT2D eigenvalue weighted by Crippen LogP contribution is 2.40. The highest BCUT2D eigenvalue weighted by Gasteiger charge is 2.34. The Kier molecular flexibility index (Phi) is 29.6. The molecule has 6 atom stereocenters. The van der Waals surface area contributed by atoms with Crippen LogP contribution in [0.2, 0.25) is 0 Å². The van der Waals surface area contributed by atoms with Crippen LogP contribution >= 0.6 is 7.60 Å². The molecule has 0 radical (unpaired) electrons. The average Bonchev–Trinajstić information content (AvgIpc) is 3.88. The lowest BCUT2D eigenvalue weighted by atomic mass is 10.0. The molecule has 0 saturated carbocycles. The summed E-state index contributed by atoms with van der Waals surface area (Å²) < 4.78 is 15.7. The summed E-state index contributed by atoms with van der Waals surface area (Å²) in [4.78, 5) is 25.1. The van der Waals surface area contributed by atoms with Crippen LogP contribution in [0.15, 0.2) is 0 Å². The molecule has 7 aliphatic heterocycles. The molecule has 7 heterocycles. The standard InChI is InChI=1S/C9H16N2.C8H14N2O.C7H16N2.C7H16NO3P.C6H14N2.C6H13NO.C6H13N/c1-7(2)11-5-8(3)9(4-10)6-11;1-6(2)10-4-7(3-9)8(11)5-10;1-6(2)9-4-3-7(8)5-9;1-6(2)8-4-7(5-8)11-12(3,9)10;1-5(2)8-3-6(7)4-8;1-5(2)7-3-6(8)4-7;1-6(2)7-4-3-5-7/h7-9H,5-6H2,1-3H3;6-8,11H,4-5H2,1-2H3;6-7H,3-5,8H2,1-2H3;6-7H,4-5H2,1-3H3,(H,9,10);5-6H,3-4,7H2,1-2H3;5-6,8H,3-4H2,1-2H3;6H,3-5H2,1-2H3/t8-,9+;7-,8+;7-;;;;/m000..../s1. The average molecular weight is 956 g/mol. The Morgan fingerprint density at radius 2 is 0.909 bits per heavy atom. The van der Waals surface area contributed by atoms with Gasteiger partial charge >= 0.3 is 7.60 Å². The smallest absolute Gasteiger partial charge is 0.325 e. The lowest BCUT2D eigenvalue weighted by Crippen LogP contribution is -2.57. The fraction of sp³-hybridized carbons (Fsp3) is 0.959. The van der Waals surface area contributed by atoms with E-state index in [9.17, 15) is 9.67 Å². The number of nitriles is 2. The Morgan fingerprint density at radius 1 is 0.530 bits per heavy atom. The van der Waals surface area contributed by atoms with Gasteiger partial charge in [0.1, 0.15) is 0 Å². The summed E-state index contributed by atoms with van der Waals surface area (Å²) >= 11 is 0. The number of likely N-dealkylation sites (tertiary alicyclic amines) is 7. The number of aliphatic hydroxyl groups is 2. The van der Waals surface area contributed by atoms with Crippen molar-refractivity contribution >= 4 is 7.60 Å². The lowest BCUT2D eigenvalue weighted by molar-refractivity contribution is -0.0161. The first-order valence-electron chi connectivity index (χ1n) is 25.4. The maximum Gasteiger partial charge on any atom is 0.325 e. The predicted octanol–water partition coefficient (Wildman–Crippen LogP) is 4.25. The van der Waals surface area contributed by atoms with E-state index in [1.165, 1.54) is 39.1 Å². The Hall–Kier alpha value is -1.31. The van der Waals surface area contributed by atoms with E-state index in [-0.39, 0.29) is 24.0 Å². The van der Waals surface area contributed by atoms with E-state index in [4.69, 9.17) is 36.5 Å². The normalized spacial score (nSPS) is 27.8. The van der Waals surface area contributed by atoms with Crippen molar-refractivity contribution < 1.29 is 24.2 Å². The van der Waals surface area contributed by atoms with Crippen molar-refractivity contribution in [2.45, 2.75) is 189 Å². The maximum atomic E-state index is 10.8. The molecular formula is C49H102N11O5P. The molecule has 17 heteroatoms. The van der Waals surface area contributed by atoms with Crippen LogP contribution in [0.1, 0.15) is 117 Å². The van der Waals surface area contributed by atoms with Crippen molar-refractivity contribution in [3.05, 3.63) is 0 Å². The number of hydrogen-bond donors (Lipinski definition) is 5. The van der Waals surface area contributed by atoms with Gasteiger partial charge in [0.2, 0.25) is 0 Å². The van der Waals surface area contributed by atoms with E-state index in [1.807, 2.05) is 0 Å². The molecule has 16 nitrogen and oxygen atoms in total. The molecule has 7 aliphatic rings. The van der Waals surface area contributed by atoms with Gasteiger partial charge in [-0.05, 0) is 135 Å². The molecule has 0 aliphatic carbocycles. The number of hydrogen-bond acceptors (Lipinski definition) is 15. The Labute approximate surface area is 404 Å². The zero-order valence-corrected chi connectivity index (χ0v) is 45.7. The van der Waals surface area contributed by atoms with Crippen LogP contribution in [0.3, 0.4) is 0 Å². The van der Waals surface area contributed by atoms with Gasteiger partial charge in [0.25, 0.3) is 0 Å². The molecule has 0 spiro atoms. The third-order valence-electron chi connectivity index (χ3n) is 13.6. The third kappa shape index (κ3) is 24.5. The van der Waals surface area contributed by atoms with Crippen molar-refractivity contribution in [1.82, 2.24) is 34.3 Å². The number of rotatable bonds is 9. The van der Waals surface area contributed by atoms with E-state index in [0.717, 1.165) is 71.5 Å². The van der Waals surface area contributed by atoms with Crippen molar-refractivity contribution in [1.29, 1.82) is 10.5 Å². The summed E-state index contributed by atoms with van der Waals surface area (Å²) in [7, 11) is -3.27. The van der Waals surface area contributed by atoms with E-state index < -0.39 is 13.7 Å². The van der Waals surface area contributed by atoms with Crippen molar-refractivity contribution in [3.63, 3.8) is 0 Å². The van der Waals surface area contributed by atoms with E-state index in [2.05, 4.69) is 150 Å². The molecule has 0 amide bonds. The van der Waals surface area contributed by atoms with E-state index in [1.54, 1.807) is 0 Å². The molecule has 7 saturated heterocycles. The molecule has 0 aromatic rings. The van der Waals surface area contributed by atoms with Crippen LogP contribution in [-0.4, -0.2) is 220 Å². The second kappa shape index (κ2) is 31.1. The zero-order chi connectivity index (χ0) is 50.6. The molecule has 0 bridgehead atoms. The Balaban J connectivity index is 0.000000388. The van der Waals surface area contributed by atoms with Crippen LogP contribution in [0, 0.1) is 40.4 Å². The van der Waals surface area contributed by atoms with Gasteiger partial charge in [0, 0.05) is 133 Å². The molecular weight excluding hydrogens is 854 g/mol. The number of nitrogens with zero attached hydrogens (tertiary/aromatic N) is 9. The SMILES string of the molecule is CC(C)N1CC(N)C1.CC(C)N1CC(O)C1.CC(C)N1CC(OP(C)(=O)O)C1.CC(C)N1CCC1.CC(C)N1CC[C@H](N)C1.CC(C)N1C[C@@H](C#N)[C@@H](C)C1.CC(C)N1C[C@@H](O)[C@@H](C#N)C1. The summed E-state index contributed by atoms with van der Waals surface area (Å²) in [6, 6.07) is 9.65. The summed E-state index contributed by atoms with van der Waals surface area (Å²) in [5, 5.41) is 35.5.